The molecule has 0 atom stereocenters. The van der Waals surface area contributed by atoms with Crippen LogP contribution in [0.4, 0.5) is 17.1 Å². The van der Waals surface area contributed by atoms with Crippen LogP contribution >= 0.6 is 0 Å². The van der Waals surface area contributed by atoms with Crippen LogP contribution in [0.15, 0.2) is 218 Å². The number of benzene rings is 9. The molecule has 11 aromatic rings. The van der Waals surface area contributed by atoms with Gasteiger partial charge in [-0.15, -0.1) is 0 Å². The Labute approximate surface area is 343 Å². The Morgan fingerprint density at radius 3 is 1.08 bits per heavy atom. The smallest absolute Gasteiger partial charge is 0.119 e. The van der Waals surface area contributed by atoms with Crippen LogP contribution < -0.4 is 9.64 Å². The lowest BCUT2D eigenvalue weighted by molar-refractivity contribution is 0.415. The first kappa shape index (κ1) is 34.4. The molecular weight excluding hydrogens is 719 g/mol. The van der Waals surface area contributed by atoms with Crippen molar-refractivity contribution in [2.24, 2.45) is 0 Å². The number of methoxy groups -OCH3 is 1. The molecule has 11 rings (SSSR count). The third kappa shape index (κ3) is 5.93. The van der Waals surface area contributed by atoms with Gasteiger partial charge in [0.15, 0.2) is 0 Å². The van der Waals surface area contributed by atoms with E-state index in [0.29, 0.717) is 0 Å². The molecule has 280 valence electrons. The SMILES string of the molecule is COc1ccc2c(c1)c1cc(-c3ccc4c(c3)c3cc(-c5ccc(N(c6ccccc6)c6ccccc6)cc5)ccc3n4-c3ccccc3)ccc1n2-c1ccccc1. The average Bonchev–Trinajstić information content (AvgIpc) is 3.82. The number of ether oxygens (including phenoxy) is 1. The lowest BCUT2D eigenvalue weighted by atomic mass is 9.99. The molecule has 0 N–H and O–H groups in total. The van der Waals surface area contributed by atoms with Crippen molar-refractivity contribution in [1.29, 1.82) is 0 Å². The summed E-state index contributed by atoms with van der Waals surface area (Å²) >= 11 is 0. The lowest BCUT2D eigenvalue weighted by Crippen LogP contribution is -2.09. The van der Waals surface area contributed by atoms with Crippen molar-refractivity contribution >= 4 is 60.7 Å². The highest BCUT2D eigenvalue weighted by Gasteiger charge is 2.18. The summed E-state index contributed by atoms with van der Waals surface area (Å²) in [5.41, 5.74) is 15.0. The second kappa shape index (κ2) is 14.3. The average molecular weight is 758 g/mol. The monoisotopic (exact) mass is 757 g/mol. The van der Waals surface area contributed by atoms with E-state index in [0.717, 1.165) is 50.6 Å². The van der Waals surface area contributed by atoms with E-state index >= 15 is 0 Å². The van der Waals surface area contributed by atoms with Crippen LogP contribution in [0.2, 0.25) is 0 Å². The predicted molar refractivity (Wildman–Crippen MR) is 247 cm³/mol. The highest BCUT2D eigenvalue weighted by molar-refractivity contribution is 6.13. The van der Waals surface area contributed by atoms with Crippen LogP contribution in [0.1, 0.15) is 0 Å². The summed E-state index contributed by atoms with van der Waals surface area (Å²) in [4.78, 5) is 2.30. The molecule has 0 radical (unpaired) electrons. The second-order valence-electron chi connectivity index (χ2n) is 15.0. The fourth-order valence-corrected chi connectivity index (χ4v) is 8.81. The molecule has 0 spiro atoms. The molecule has 0 aliphatic carbocycles. The summed E-state index contributed by atoms with van der Waals surface area (Å²) in [7, 11) is 1.73. The minimum absolute atomic E-state index is 0.848. The number of nitrogens with zero attached hydrogens (tertiary/aromatic N) is 3. The maximum atomic E-state index is 5.71. The molecule has 0 saturated heterocycles. The molecule has 0 aliphatic rings. The van der Waals surface area contributed by atoms with Gasteiger partial charge in [-0.2, -0.15) is 0 Å². The van der Waals surface area contributed by atoms with Crippen molar-refractivity contribution in [2.75, 3.05) is 12.0 Å². The zero-order valence-electron chi connectivity index (χ0n) is 32.5. The number of hydrogen-bond donors (Lipinski definition) is 0. The van der Waals surface area contributed by atoms with Gasteiger partial charge in [0.1, 0.15) is 5.75 Å². The summed E-state index contributed by atoms with van der Waals surface area (Å²) in [6.45, 7) is 0. The van der Waals surface area contributed by atoms with E-state index in [2.05, 4.69) is 226 Å². The minimum Gasteiger partial charge on any atom is -0.497 e. The van der Waals surface area contributed by atoms with Crippen molar-refractivity contribution in [3.63, 3.8) is 0 Å². The van der Waals surface area contributed by atoms with Gasteiger partial charge in [0.2, 0.25) is 0 Å². The van der Waals surface area contributed by atoms with Crippen LogP contribution in [0.25, 0.3) is 77.2 Å². The van der Waals surface area contributed by atoms with Gasteiger partial charge in [-0.1, -0.05) is 103 Å². The van der Waals surface area contributed by atoms with E-state index in [9.17, 15) is 0 Å². The predicted octanol–water partition coefficient (Wildman–Crippen LogP) is 14.7. The van der Waals surface area contributed by atoms with Crippen molar-refractivity contribution in [3.05, 3.63) is 218 Å². The van der Waals surface area contributed by atoms with Gasteiger partial charge in [0.25, 0.3) is 0 Å². The van der Waals surface area contributed by atoms with Gasteiger partial charge < -0.3 is 18.8 Å². The molecule has 9 aromatic carbocycles. The van der Waals surface area contributed by atoms with Crippen molar-refractivity contribution in [2.45, 2.75) is 0 Å². The van der Waals surface area contributed by atoms with Crippen molar-refractivity contribution in [1.82, 2.24) is 9.13 Å². The van der Waals surface area contributed by atoms with Crippen LogP contribution in [0.3, 0.4) is 0 Å². The zero-order chi connectivity index (χ0) is 39.3. The van der Waals surface area contributed by atoms with Crippen LogP contribution in [-0.2, 0) is 0 Å². The molecule has 0 unspecified atom stereocenters. The van der Waals surface area contributed by atoms with Gasteiger partial charge >= 0.3 is 0 Å². The van der Waals surface area contributed by atoms with E-state index < -0.39 is 0 Å². The Balaban J connectivity index is 1.05. The number of para-hydroxylation sites is 4. The van der Waals surface area contributed by atoms with Gasteiger partial charge in [-0.25, -0.2) is 0 Å². The summed E-state index contributed by atoms with van der Waals surface area (Å²) < 4.78 is 10.4. The Kier molecular flexibility index (Phi) is 8.34. The second-order valence-corrected chi connectivity index (χ2v) is 15.0. The largest absolute Gasteiger partial charge is 0.497 e. The van der Waals surface area contributed by atoms with E-state index in [1.807, 2.05) is 6.07 Å². The van der Waals surface area contributed by atoms with Crippen molar-refractivity contribution in [3.8, 4) is 39.4 Å². The number of hydrogen-bond acceptors (Lipinski definition) is 2. The molecule has 0 fully saturated rings. The topological polar surface area (TPSA) is 22.3 Å². The maximum Gasteiger partial charge on any atom is 0.119 e. The Hall–Kier alpha value is -7.82. The van der Waals surface area contributed by atoms with Gasteiger partial charge in [0, 0.05) is 50.0 Å². The van der Waals surface area contributed by atoms with E-state index in [4.69, 9.17) is 4.74 Å². The number of fused-ring (bicyclic) bond motifs is 6. The van der Waals surface area contributed by atoms with E-state index in [1.165, 1.54) is 49.4 Å². The third-order valence-electron chi connectivity index (χ3n) is 11.6. The summed E-state index contributed by atoms with van der Waals surface area (Å²) in [6, 6.07) is 78.4. The standard InChI is InChI=1S/C55H39N3O/c1-59-47-29-33-55-51(37-47)50-36-41(26-32-54(50)58(55)45-20-12-5-13-21-45)40-25-31-53-49(35-40)48-34-39(24-30-52(48)57(53)44-18-10-4-11-19-44)38-22-27-46(28-23-38)56(42-14-6-2-7-15-42)43-16-8-3-9-17-43/h2-37H,1H3. The highest BCUT2D eigenvalue weighted by Crippen LogP contribution is 2.41. The van der Waals surface area contributed by atoms with E-state index in [-0.39, 0.29) is 0 Å². The van der Waals surface area contributed by atoms with E-state index in [1.54, 1.807) is 7.11 Å². The Morgan fingerprint density at radius 2 is 0.661 bits per heavy atom. The molecule has 2 aromatic heterocycles. The summed E-state index contributed by atoms with van der Waals surface area (Å²) in [5, 5.41) is 4.79. The normalized spacial score (nSPS) is 11.5. The lowest BCUT2D eigenvalue weighted by Gasteiger charge is -2.25. The first-order valence-electron chi connectivity index (χ1n) is 20.0. The molecule has 4 nitrogen and oxygen atoms in total. The Bertz CT molecular complexity index is 3240. The van der Waals surface area contributed by atoms with Gasteiger partial charge in [-0.3, -0.25) is 0 Å². The third-order valence-corrected chi connectivity index (χ3v) is 11.6. The fourth-order valence-electron chi connectivity index (χ4n) is 8.81. The fraction of sp³-hybridized carbons (Fsp3) is 0.0182. The van der Waals surface area contributed by atoms with Crippen LogP contribution in [0, 0.1) is 0 Å². The number of anilines is 3. The van der Waals surface area contributed by atoms with Crippen LogP contribution in [-0.4, -0.2) is 16.2 Å². The van der Waals surface area contributed by atoms with Gasteiger partial charge in [-0.05, 0) is 138 Å². The maximum absolute atomic E-state index is 5.71. The first-order chi connectivity index (χ1) is 29.2. The quantitative estimate of drug-likeness (QED) is 0.154. The Morgan fingerprint density at radius 1 is 0.322 bits per heavy atom. The molecule has 0 aliphatic heterocycles. The molecule has 0 saturated carbocycles. The first-order valence-corrected chi connectivity index (χ1v) is 20.0. The number of rotatable bonds is 8. The number of aromatic nitrogens is 2. The van der Waals surface area contributed by atoms with Crippen LogP contribution in [0.5, 0.6) is 5.75 Å². The van der Waals surface area contributed by atoms with Crippen molar-refractivity contribution < 1.29 is 4.74 Å². The molecular formula is C55H39N3O. The molecule has 2 heterocycles. The molecule has 0 bridgehead atoms. The molecule has 59 heavy (non-hydrogen) atoms. The molecule has 0 amide bonds. The van der Waals surface area contributed by atoms with Gasteiger partial charge in [0.05, 0.1) is 29.2 Å². The minimum atomic E-state index is 0.848. The zero-order valence-corrected chi connectivity index (χ0v) is 32.5. The molecule has 4 heteroatoms. The highest BCUT2D eigenvalue weighted by atomic mass is 16.5. The summed E-state index contributed by atoms with van der Waals surface area (Å²) in [6.07, 6.45) is 0. The summed E-state index contributed by atoms with van der Waals surface area (Å²) in [5.74, 6) is 0.848.